The Morgan fingerprint density at radius 3 is 2.87 bits per heavy atom. The minimum atomic E-state index is -0.172. The average molecular weight is 224 g/mol. The lowest BCUT2D eigenvalue weighted by molar-refractivity contribution is -0.110. The second kappa shape index (κ2) is 6.19. The lowest BCUT2D eigenvalue weighted by atomic mass is 10.2. The molecule has 0 atom stereocenters. The number of rotatable bonds is 5. The molecule has 0 spiro atoms. The van der Waals surface area contributed by atoms with E-state index in [2.05, 4.69) is 22.9 Å². The molecule has 1 aromatic heterocycles. The summed E-state index contributed by atoms with van der Waals surface area (Å²) in [7, 11) is 0. The molecule has 5 heteroatoms. The number of nitrogens with zero attached hydrogens (tertiary/aromatic N) is 1. The maximum atomic E-state index is 11.4. The van der Waals surface area contributed by atoms with E-state index >= 15 is 0 Å². The molecule has 80 valence electrons. The molecule has 1 amide bonds. The van der Waals surface area contributed by atoms with Gasteiger partial charge >= 0.3 is 0 Å². The van der Waals surface area contributed by atoms with Crippen LogP contribution in [0.25, 0.3) is 0 Å². The molecular formula is C10H12N2O2S. The molecular weight excluding hydrogens is 212 g/mol. The van der Waals surface area contributed by atoms with Crippen molar-refractivity contribution in [3.63, 3.8) is 0 Å². The minimum Gasteiger partial charge on any atom is -0.352 e. The van der Waals surface area contributed by atoms with Crippen LogP contribution in [-0.2, 0) is 4.79 Å². The zero-order valence-electron chi connectivity index (χ0n) is 8.14. The molecule has 0 fully saturated rings. The van der Waals surface area contributed by atoms with Crippen molar-refractivity contribution in [1.29, 1.82) is 0 Å². The zero-order chi connectivity index (χ0) is 11.1. The smallest absolute Gasteiger partial charge is 0.252 e. The van der Waals surface area contributed by atoms with Crippen LogP contribution in [0.5, 0.6) is 0 Å². The van der Waals surface area contributed by atoms with Crippen LogP contribution in [0.3, 0.4) is 0 Å². The molecule has 0 saturated heterocycles. The van der Waals surface area contributed by atoms with Gasteiger partial charge < -0.3 is 5.32 Å². The first-order valence-electron chi connectivity index (χ1n) is 4.60. The Hall–Kier alpha value is -1.36. The molecule has 1 N–H and O–H groups in total. The van der Waals surface area contributed by atoms with Crippen molar-refractivity contribution in [3.8, 4) is 0 Å². The summed E-state index contributed by atoms with van der Waals surface area (Å²) in [5.74, 6) is -0.172. The van der Waals surface area contributed by atoms with Gasteiger partial charge in [0.05, 0.1) is 5.56 Å². The van der Waals surface area contributed by atoms with E-state index in [0.717, 1.165) is 0 Å². The lowest BCUT2D eigenvalue weighted by Gasteiger charge is -2.03. The zero-order valence-corrected chi connectivity index (χ0v) is 9.04. The summed E-state index contributed by atoms with van der Waals surface area (Å²) in [6.07, 6.45) is 4.08. The van der Waals surface area contributed by atoms with E-state index in [1.54, 1.807) is 18.3 Å². The number of carbonyl (C=O) groups is 2. The Labute approximate surface area is 93.5 Å². The van der Waals surface area contributed by atoms with Gasteiger partial charge in [0.2, 0.25) is 0 Å². The first-order valence-corrected chi connectivity index (χ1v) is 5.05. The summed E-state index contributed by atoms with van der Waals surface area (Å²) in [6, 6.07) is 3.39. The van der Waals surface area contributed by atoms with E-state index in [9.17, 15) is 9.59 Å². The van der Waals surface area contributed by atoms with Crippen molar-refractivity contribution in [3.05, 3.63) is 30.1 Å². The second-order valence-electron chi connectivity index (χ2n) is 2.99. The molecule has 1 heterocycles. The van der Waals surface area contributed by atoms with Crippen LogP contribution in [0.2, 0.25) is 0 Å². The van der Waals surface area contributed by atoms with E-state index in [1.165, 1.54) is 6.20 Å². The molecule has 0 saturated carbocycles. The fraction of sp³-hybridized carbons (Fsp3) is 0.300. The van der Waals surface area contributed by atoms with Crippen LogP contribution in [0.15, 0.2) is 24.5 Å². The highest BCUT2D eigenvalue weighted by molar-refractivity contribution is 7.96. The fourth-order valence-electron chi connectivity index (χ4n) is 1.04. The number of carbonyl (C=O) groups excluding carboxylic acids is 2. The lowest BCUT2D eigenvalue weighted by Crippen LogP contribution is -2.24. The summed E-state index contributed by atoms with van der Waals surface area (Å²) >= 11 is 3.63. The van der Waals surface area contributed by atoms with Crippen LogP contribution in [-0.4, -0.2) is 22.6 Å². The molecule has 0 aromatic carbocycles. The minimum absolute atomic E-state index is 0.161. The number of aromatic nitrogens is 1. The number of nitrogens with one attached hydrogen (secondary N) is 1. The maximum Gasteiger partial charge on any atom is 0.252 e. The van der Waals surface area contributed by atoms with Gasteiger partial charge in [-0.25, -0.2) is 0 Å². The van der Waals surface area contributed by atoms with Crippen LogP contribution in [0, 0.1) is 0 Å². The largest absolute Gasteiger partial charge is 0.352 e. The van der Waals surface area contributed by atoms with E-state index < -0.39 is 0 Å². The molecule has 1 rings (SSSR count). The third-order valence-electron chi connectivity index (χ3n) is 1.78. The molecule has 0 unspecified atom stereocenters. The Bertz CT molecular complexity index is 341. The highest BCUT2D eigenvalue weighted by atomic mass is 32.1. The van der Waals surface area contributed by atoms with Gasteiger partial charge in [-0.2, -0.15) is 0 Å². The van der Waals surface area contributed by atoms with Gasteiger partial charge in [0, 0.05) is 25.4 Å². The molecule has 0 aliphatic rings. The number of hydrogen-bond acceptors (Lipinski definition) is 3. The Morgan fingerprint density at radius 2 is 2.27 bits per heavy atom. The molecule has 0 radical (unpaired) electrons. The van der Waals surface area contributed by atoms with Gasteiger partial charge in [0.15, 0.2) is 5.12 Å². The normalized spacial score (nSPS) is 9.67. The van der Waals surface area contributed by atoms with E-state index in [1.807, 2.05) is 0 Å². The predicted octanol–water partition coefficient (Wildman–Crippen LogP) is 1.05. The third-order valence-corrected chi connectivity index (χ3v) is 2.00. The number of amides is 1. The summed E-state index contributed by atoms with van der Waals surface area (Å²) in [6.45, 7) is 0.472. The third kappa shape index (κ3) is 4.60. The standard InChI is InChI=1S/C10H12N2O2S/c13-9(15)4-2-6-12-10(14)8-3-1-5-11-7-8/h1,3,5,7H,2,4,6H2,(H,12,14)(H,13,15). The summed E-state index contributed by atoms with van der Waals surface area (Å²) < 4.78 is 0. The quantitative estimate of drug-likeness (QED) is 0.580. The van der Waals surface area contributed by atoms with E-state index in [0.29, 0.717) is 24.9 Å². The summed E-state index contributed by atoms with van der Waals surface area (Å²) in [5.41, 5.74) is 0.523. The second-order valence-corrected chi connectivity index (χ2v) is 3.49. The van der Waals surface area contributed by atoms with Gasteiger partial charge in [-0.15, -0.1) is 12.6 Å². The van der Waals surface area contributed by atoms with Crippen molar-refractivity contribution in [2.75, 3.05) is 6.54 Å². The van der Waals surface area contributed by atoms with Crippen molar-refractivity contribution in [2.45, 2.75) is 12.8 Å². The van der Waals surface area contributed by atoms with E-state index in [4.69, 9.17) is 0 Å². The average Bonchev–Trinajstić information content (AvgIpc) is 2.25. The van der Waals surface area contributed by atoms with Crippen molar-refractivity contribution < 1.29 is 9.59 Å². The van der Waals surface area contributed by atoms with Gasteiger partial charge in [-0.05, 0) is 18.6 Å². The monoisotopic (exact) mass is 224 g/mol. The Balaban J connectivity index is 2.28. The predicted molar refractivity (Wildman–Crippen MR) is 59.8 cm³/mol. The molecule has 0 aliphatic carbocycles. The van der Waals surface area contributed by atoms with Crippen LogP contribution in [0.4, 0.5) is 0 Å². The number of pyridine rings is 1. The van der Waals surface area contributed by atoms with Crippen molar-refractivity contribution in [1.82, 2.24) is 10.3 Å². The first kappa shape index (κ1) is 11.7. The molecule has 0 aliphatic heterocycles. The Kier molecular flexibility index (Phi) is 4.83. The summed E-state index contributed by atoms with van der Waals surface area (Å²) in [5, 5.41) is 2.53. The topological polar surface area (TPSA) is 59.1 Å². The first-order chi connectivity index (χ1) is 7.20. The maximum absolute atomic E-state index is 11.4. The Morgan fingerprint density at radius 1 is 1.47 bits per heavy atom. The highest BCUT2D eigenvalue weighted by Gasteiger charge is 2.03. The van der Waals surface area contributed by atoms with Gasteiger partial charge in [0.1, 0.15) is 0 Å². The number of hydrogen-bond donors (Lipinski definition) is 2. The molecule has 0 bridgehead atoms. The van der Waals surface area contributed by atoms with Crippen LogP contribution in [0.1, 0.15) is 23.2 Å². The summed E-state index contributed by atoms with van der Waals surface area (Å²) in [4.78, 5) is 25.8. The highest BCUT2D eigenvalue weighted by Crippen LogP contribution is 1.96. The fourth-order valence-corrected chi connectivity index (χ4v) is 1.20. The van der Waals surface area contributed by atoms with Crippen LogP contribution >= 0.6 is 12.6 Å². The van der Waals surface area contributed by atoms with Crippen molar-refractivity contribution in [2.24, 2.45) is 0 Å². The van der Waals surface area contributed by atoms with Crippen molar-refractivity contribution >= 4 is 23.7 Å². The van der Waals surface area contributed by atoms with Crippen LogP contribution < -0.4 is 5.32 Å². The molecule has 1 aromatic rings. The molecule has 15 heavy (non-hydrogen) atoms. The van der Waals surface area contributed by atoms with E-state index in [-0.39, 0.29) is 11.0 Å². The number of thiol groups is 1. The SMILES string of the molecule is O=C(S)CCCNC(=O)c1cccnc1. The van der Waals surface area contributed by atoms with Gasteiger partial charge in [-0.3, -0.25) is 14.6 Å². The van der Waals surface area contributed by atoms with Gasteiger partial charge in [0.25, 0.3) is 5.91 Å². The van der Waals surface area contributed by atoms with Gasteiger partial charge in [-0.1, -0.05) is 0 Å². The molecule has 4 nitrogen and oxygen atoms in total.